The average Bonchev–Trinajstić information content (AvgIpc) is 3.07. The van der Waals surface area contributed by atoms with Gasteiger partial charge in [0, 0.05) is 20.7 Å². The molecule has 0 aliphatic carbocycles. The zero-order valence-corrected chi connectivity index (χ0v) is 28.1. The number of hydrogen-bond acceptors (Lipinski definition) is 9. The Bertz CT molecular complexity index is 1310. The number of methoxy groups -OCH3 is 8. The molecule has 0 saturated carbocycles. The summed E-state index contributed by atoms with van der Waals surface area (Å²) in [6.07, 6.45) is 0. The Hall–Kier alpha value is -4.33. The molecule has 0 aliphatic heterocycles. The first-order valence-corrected chi connectivity index (χ1v) is 16.8. The second kappa shape index (κ2) is 14.7. The highest BCUT2D eigenvalue weighted by atomic mass is 28.4. The molecule has 0 spiro atoms. The van der Waals surface area contributed by atoms with Crippen LogP contribution < -0.4 is 58.6 Å². The van der Waals surface area contributed by atoms with E-state index in [2.05, 4.69) is 0 Å². The molecular formula is C32H38O9Si2. The Morgan fingerprint density at radius 3 is 0.744 bits per heavy atom. The Balaban J connectivity index is 2.08. The van der Waals surface area contributed by atoms with Gasteiger partial charge in [0.05, 0.1) is 56.9 Å². The number of ether oxygens (including phenoxy) is 8. The predicted octanol–water partition coefficient (Wildman–Crippen LogP) is 2.15. The molecule has 43 heavy (non-hydrogen) atoms. The fourth-order valence-electron chi connectivity index (χ4n) is 5.24. The van der Waals surface area contributed by atoms with Crippen LogP contribution in [-0.4, -0.2) is 75.0 Å². The second-order valence-electron chi connectivity index (χ2n) is 9.23. The zero-order chi connectivity index (χ0) is 30.9. The first-order chi connectivity index (χ1) is 21.0. The van der Waals surface area contributed by atoms with Gasteiger partial charge in [-0.15, -0.1) is 0 Å². The molecule has 0 fully saturated rings. The molecule has 9 nitrogen and oxygen atoms in total. The molecule has 0 bridgehead atoms. The van der Waals surface area contributed by atoms with Gasteiger partial charge in [0.25, 0.3) is 0 Å². The molecule has 0 aromatic heterocycles. The van der Waals surface area contributed by atoms with Crippen molar-refractivity contribution < 1.29 is 42.0 Å². The normalized spacial score (nSPS) is 10.8. The third kappa shape index (κ3) is 6.24. The van der Waals surface area contributed by atoms with Gasteiger partial charge in [0.15, 0.2) is 46.0 Å². The van der Waals surface area contributed by atoms with E-state index < -0.39 is 18.1 Å². The van der Waals surface area contributed by atoms with Gasteiger partial charge in [-0.3, -0.25) is 0 Å². The first-order valence-electron chi connectivity index (χ1n) is 13.5. The van der Waals surface area contributed by atoms with Crippen LogP contribution in [0.15, 0.2) is 72.8 Å². The Labute approximate surface area is 256 Å². The highest BCUT2D eigenvalue weighted by Crippen LogP contribution is 2.31. The van der Waals surface area contributed by atoms with Crippen molar-refractivity contribution in [2.45, 2.75) is 0 Å². The average molecular weight is 623 g/mol. The topological polar surface area (TPSA) is 83.1 Å². The van der Waals surface area contributed by atoms with Gasteiger partial charge in [0.1, 0.15) is 0 Å². The molecule has 0 unspecified atom stereocenters. The van der Waals surface area contributed by atoms with Gasteiger partial charge < -0.3 is 42.0 Å². The first kappa shape index (κ1) is 31.6. The second-order valence-corrected chi connectivity index (χ2v) is 14.3. The summed E-state index contributed by atoms with van der Waals surface area (Å²) in [5, 5.41) is 3.48. The third-order valence-electron chi connectivity index (χ3n) is 7.14. The third-order valence-corrected chi connectivity index (χ3v) is 13.4. The van der Waals surface area contributed by atoms with E-state index in [0.717, 1.165) is 20.7 Å². The quantitative estimate of drug-likeness (QED) is 0.197. The highest BCUT2D eigenvalue weighted by Gasteiger charge is 2.36. The summed E-state index contributed by atoms with van der Waals surface area (Å²) in [7, 11) is 7.57. The number of rotatable bonds is 14. The number of hydrogen-bond donors (Lipinski definition) is 0. The van der Waals surface area contributed by atoms with E-state index in [4.69, 9.17) is 42.0 Å². The van der Waals surface area contributed by atoms with Gasteiger partial charge in [-0.25, -0.2) is 0 Å². The molecule has 0 heterocycles. The highest BCUT2D eigenvalue weighted by molar-refractivity contribution is 6.93. The van der Waals surface area contributed by atoms with Gasteiger partial charge in [0.2, 0.25) is 18.1 Å². The van der Waals surface area contributed by atoms with Gasteiger partial charge in [-0.05, 0) is 24.3 Å². The molecule has 228 valence electrons. The van der Waals surface area contributed by atoms with Crippen molar-refractivity contribution in [2.24, 2.45) is 0 Å². The lowest BCUT2D eigenvalue weighted by Crippen LogP contribution is -2.56. The van der Waals surface area contributed by atoms with Crippen molar-refractivity contribution in [2.75, 3.05) is 56.9 Å². The van der Waals surface area contributed by atoms with E-state index in [9.17, 15) is 0 Å². The van der Waals surface area contributed by atoms with Crippen molar-refractivity contribution in [1.82, 2.24) is 0 Å². The van der Waals surface area contributed by atoms with Gasteiger partial charge >= 0.3 is 0 Å². The summed E-state index contributed by atoms with van der Waals surface area (Å²) in [6.45, 7) is 0. The lowest BCUT2D eigenvalue weighted by atomic mass is 10.3. The fraction of sp³-hybridized carbons (Fsp3) is 0.250. The van der Waals surface area contributed by atoms with Crippen LogP contribution in [0.2, 0.25) is 0 Å². The summed E-state index contributed by atoms with van der Waals surface area (Å²) >= 11 is 0. The Morgan fingerprint density at radius 1 is 0.326 bits per heavy atom. The fourth-order valence-corrected chi connectivity index (χ4v) is 12.5. The minimum Gasteiger partial charge on any atom is -0.493 e. The summed E-state index contributed by atoms with van der Waals surface area (Å²) in [4.78, 5) is 0. The molecule has 11 heteroatoms. The molecule has 4 aromatic carbocycles. The van der Waals surface area contributed by atoms with Crippen molar-refractivity contribution >= 4 is 38.8 Å². The SMILES string of the molecule is COc1cccc([SiH](O[SiH](c2cccc(OC)c2OC)c2cccc(OC)c2OC)c2cccc(OC)c2OC)c1OC. The number of para-hydroxylation sites is 4. The summed E-state index contributed by atoms with van der Waals surface area (Å²) in [6, 6.07) is 23.2. The predicted molar refractivity (Wildman–Crippen MR) is 172 cm³/mol. The maximum atomic E-state index is 7.50. The van der Waals surface area contributed by atoms with E-state index in [-0.39, 0.29) is 0 Å². The van der Waals surface area contributed by atoms with E-state index >= 15 is 0 Å². The van der Waals surface area contributed by atoms with Crippen LogP contribution in [0, 0.1) is 0 Å². The number of benzene rings is 4. The van der Waals surface area contributed by atoms with Crippen LogP contribution >= 0.6 is 0 Å². The monoisotopic (exact) mass is 622 g/mol. The molecule has 0 radical (unpaired) electrons. The smallest absolute Gasteiger partial charge is 0.236 e. The minimum absolute atomic E-state index is 0.592. The van der Waals surface area contributed by atoms with Crippen LogP contribution in [0.3, 0.4) is 0 Å². The van der Waals surface area contributed by atoms with Crippen LogP contribution in [0.1, 0.15) is 0 Å². The molecule has 0 amide bonds. The lowest BCUT2D eigenvalue weighted by Gasteiger charge is -2.29. The van der Waals surface area contributed by atoms with Crippen LogP contribution in [0.4, 0.5) is 0 Å². The van der Waals surface area contributed by atoms with Crippen LogP contribution in [-0.2, 0) is 4.12 Å². The minimum atomic E-state index is -2.70. The zero-order valence-electron chi connectivity index (χ0n) is 25.8. The maximum absolute atomic E-state index is 7.50. The van der Waals surface area contributed by atoms with Gasteiger partial charge in [-0.2, -0.15) is 0 Å². The van der Waals surface area contributed by atoms with Crippen molar-refractivity contribution in [3.8, 4) is 46.0 Å². The van der Waals surface area contributed by atoms with Crippen molar-refractivity contribution in [1.29, 1.82) is 0 Å². The Kier molecular flexibility index (Phi) is 10.8. The molecule has 0 N–H and O–H groups in total. The van der Waals surface area contributed by atoms with Crippen molar-refractivity contribution in [3.05, 3.63) is 72.8 Å². The maximum Gasteiger partial charge on any atom is 0.236 e. The molecule has 0 aliphatic rings. The van der Waals surface area contributed by atoms with E-state index in [1.54, 1.807) is 56.9 Å². The molecule has 4 rings (SSSR count). The molecule has 0 atom stereocenters. The molecule has 4 aromatic rings. The van der Waals surface area contributed by atoms with E-state index in [1.807, 2.05) is 72.8 Å². The largest absolute Gasteiger partial charge is 0.493 e. The summed E-state index contributed by atoms with van der Waals surface area (Å²) in [5.41, 5.74) is 0. The molecule has 0 saturated heterocycles. The lowest BCUT2D eigenvalue weighted by molar-refractivity contribution is 0.354. The Morgan fingerprint density at radius 2 is 0.558 bits per heavy atom. The van der Waals surface area contributed by atoms with Crippen LogP contribution in [0.5, 0.6) is 46.0 Å². The summed E-state index contributed by atoms with van der Waals surface area (Å²) < 4.78 is 54.0. The van der Waals surface area contributed by atoms with E-state index in [1.165, 1.54) is 0 Å². The summed E-state index contributed by atoms with van der Waals surface area (Å²) in [5.74, 6) is 4.75. The molecular weight excluding hydrogens is 585 g/mol. The standard InChI is InChI=1S/C32H38O9Si2/c1-33-21-13-9-17-25(29(21)37-5)42(26-18-10-14-22(34-2)30(26)38-6)41-43(27-19-11-15-23(35-3)31(27)39-7)28-20-12-16-24(36-4)32(28)40-8/h9-20,42-43H,1-8H3. The van der Waals surface area contributed by atoms with E-state index in [0.29, 0.717) is 46.0 Å². The van der Waals surface area contributed by atoms with Gasteiger partial charge in [-0.1, -0.05) is 48.5 Å². The van der Waals surface area contributed by atoms with Crippen LogP contribution in [0.25, 0.3) is 0 Å². The van der Waals surface area contributed by atoms with Crippen molar-refractivity contribution in [3.63, 3.8) is 0 Å².